The predicted molar refractivity (Wildman–Crippen MR) is 78.0 cm³/mol. The molecule has 1 aliphatic rings. The molecule has 2 aromatic heterocycles. The van der Waals surface area contributed by atoms with E-state index >= 15 is 0 Å². The highest BCUT2D eigenvalue weighted by atomic mass is 16.2. The average Bonchev–Trinajstić information content (AvgIpc) is 2.83. The molecule has 6 heteroatoms. The van der Waals surface area contributed by atoms with Crippen molar-refractivity contribution in [3.63, 3.8) is 0 Å². The van der Waals surface area contributed by atoms with Crippen molar-refractivity contribution in [2.75, 3.05) is 26.7 Å². The Balaban J connectivity index is 1.67. The first-order valence-corrected chi connectivity index (χ1v) is 7.21. The van der Waals surface area contributed by atoms with Crippen molar-refractivity contribution in [1.29, 1.82) is 0 Å². The van der Waals surface area contributed by atoms with Crippen LogP contribution in [0.15, 0.2) is 29.2 Å². The highest BCUT2D eigenvalue weighted by molar-refractivity contribution is 5.35. The second kappa shape index (κ2) is 5.76. The van der Waals surface area contributed by atoms with Gasteiger partial charge in [-0.1, -0.05) is 6.07 Å². The van der Waals surface area contributed by atoms with Gasteiger partial charge in [0.15, 0.2) is 5.65 Å². The molecule has 20 heavy (non-hydrogen) atoms. The maximum absolute atomic E-state index is 12.1. The predicted octanol–water partition coefficient (Wildman–Crippen LogP) is 0.180. The van der Waals surface area contributed by atoms with Gasteiger partial charge in [-0.2, -0.15) is 0 Å². The zero-order valence-corrected chi connectivity index (χ0v) is 11.8. The lowest BCUT2D eigenvalue weighted by Gasteiger charge is -2.31. The van der Waals surface area contributed by atoms with E-state index in [0.29, 0.717) is 18.2 Å². The van der Waals surface area contributed by atoms with Gasteiger partial charge < -0.3 is 10.2 Å². The summed E-state index contributed by atoms with van der Waals surface area (Å²) in [6, 6.07) is 6.16. The zero-order valence-electron chi connectivity index (χ0n) is 11.8. The number of piperidine rings is 1. The molecule has 0 saturated carbocycles. The van der Waals surface area contributed by atoms with E-state index in [1.54, 1.807) is 15.3 Å². The minimum Gasteiger partial charge on any atom is -0.315 e. The fourth-order valence-electron chi connectivity index (χ4n) is 2.76. The van der Waals surface area contributed by atoms with Crippen LogP contribution in [-0.2, 0) is 6.54 Å². The quantitative estimate of drug-likeness (QED) is 0.865. The van der Waals surface area contributed by atoms with Crippen LogP contribution in [-0.4, -0.2) is 51.8 Å². The van der Waals surface area contributed by atoms with Crippen LogP contribution in [0.4, 0.5) is 0 Å². The number of rotatable bonds is 4. The van der Waals surface area contributed by atoms with Gasteiger partial charge in [0.25, 0.3) is 0 Å². The Morgan fingerprint density at radius 3 is 3.15 bits per heavy atom. The Morgan fingerprint density at radius 2 is 2.40 bits per heavy atom. The molecule has 6 nitrogen and oxygen atoms in total. The molecule has 0 amide bonds. The molecule has 0 aliphatic carbocycles. The van der Waals surface area contributed by atoms with Crippen LogP contribution in [0.5, 0.6) is 0 Å². The summed E-state index contributed by atoms with van der Waals surface area (Å²) in [6.07, 6.45) is 4.21. The van der Waals surface area contributed by atoms with E-state index in [-0.39, 0.29) is 5.69 Å². The minimum atomic E-state index is -0.0595. The van der Waals surface area contributed by atoms with Crippen LogP contribution in [0.2, 0.25) is 0 Å². The van der Waals surface area contributed by atoms with E-state index in [2.05, 4.69) is 22.4 Å². The summed E-state index contributed by atoms with van der Waals surface area (Å²) in [4.78, 5) is 14.5. The molecule has 1 unspecified atom stereocenters. The molecular weight excluding hydrogens is 254 g/mol. The second-order valence-electron chi connectivity index (χ2n) is 5.42. The molecule has 1 fully saturated rings. The van der Waals surface area contributed by atoms with Gasteiger partial charge >= 0.3 is 5.69 Å². The Morgan fingerprint density at radius 1 is 1.50 bits per heavy atom. The number of aromatic nitrogens is 3. The summed E-state index contributed by atoms with van der Waals surface area (Å²) in [5.74, 6) is 0. The van der Waals surface area contributed by atoms with Gasteiger partial charge in [0.05, 0.1) is 6.54 Å². The normalized spacial score (nSPS) is 19.8. The van der Waals surface area contributed by atoms with Crippen molar-refractivity contribution >= 4 is 5.65 Å². The fourth-order valence-corrected chi connectivity index (χ4v) is 2.76. The van der Waals surface area contributed by atoms with Crippen LogP contribution < -0.4 is 11.0 Å². The van der Waals surface area contributed by atoms with E-state index < -0.39 is 0 Å². The third-order valence-corrected chi connectivity index (χ3v) is 4.05. The first kappa shape index (κ1) is 13.3. The van der Waals surface area contributed by atoms with Crippen molar-refractivity contribution in [3.05, 3.63) is 34.9 Å². The number of fused-ring (bicyclic) bond motifs is 1. The number of hydrogen-bond acceptors (Lipinski definition) is 4. The maximum atomic E-state index is 12.1. The van der Waals surface area contributed by atoms with Crippen LogP contribution in [0, 0.1) is 0 Å². The Kier molecular flexibility index (Phi) is 3.84. The van der Waals surface area contributed by atoms with Gasteiger partial charge in [-0.05, 0) is 38.6 Å². The van der Waals surface area contributed by atoms with E-state index in [9.17, 15) is 4.79 Å². The van der Waals surface area contributed by atoms with Gasteiger partial charge in [-0.25, -0.2) is 9.48 Å². The van der Waals surface area contributed by atoms with Crippen LogP contribution in [0.3, 0.4) is 0 Å². The number of likely N-dealkylation sites (N-methyl/N-ethyl adjacent to an activating group) is 1. The highest BCUT2D eigenvalue weighted by Gasteiger charge is 2.17. The molecule has 108 valence electrons. The molecule has 1 saturated heterocycles. The van der Waals surface area contributed by atoms with Crippen LogP contribution in [0.25, 0.3) is 5.65 Å². The lowest BCUT2D eigenvalue weighted by Crippen LogP contribution is -2.45. The van der Waals surface area contributed by atoms with Gasteiger partial charge in [0, 0.05) is 25.3 Å². The Hall–Kier alpha value is -1.66. The molecule has 2 aromatic rings. The topological polar surface area (TPSA) is 54.6 Å². The van der Waals surface area contributed by atoms with Gasteiger partial charge in [-0.15, -0.1) is 5.10 Å². The smallest absolute Gasteiger partial charge is 0.315 e. The average molecular weight is 275 g/mol. The van der Waals surface area contributed by atoms with Crippen molar-refractivity contribution < 1.29 is 0 Å². The molecule has 1 aliphatic heterocycles. The summed E-state index contributed by atoms with van der Waals surface area (Å²) < 4.78 is 3.14. The van der Waals surface area contributed by atoms with Crippen molar-refractivity contribution in [2.24, 2.45) is 0 Å². The summed E-state index contributed by atoms with van der Waals surface area (Å²) in [6.45, 7) is 3.64. The molecule has 3 heterocycles. The van der Waals surface area contributed by atoms with Crippen LogP contribution in [0.1, 0.15) is 12.8 Å². The third kappa shape index (κ3) is 2.62. The van der Waals surface area contributed by atoms with Crippen LogP contribution >= 0.6 is 0 Å². The standard InChI is InChI=1S/C14H21N5O/c1-17(12-5-4-7-15-11-12)9-10-19-14(20)18-8-3-2-6-13(18)16-19/h2-3,6,8,12,15H,4-5,7,9-11H2,1H3. The zero-order chi connectivity index (χ0) is 13.9. The third-order valence-electron chi connectivity index (χ3n) is 4.05. The summed E-state index contributed by atoms with van der Waals surface area (Å²) in [5, 5.41) is 7.77. The molecule has 0 radical (unpaired) electrons. The minimum absolute atomic E-state index is 0.0595. The van der Waals surface area contributed by atoms with Gasteiger partial charge in [0.1, 0.15) is 0 Å². The lowest BCUT2D eigenvalue weighted by atomic mass is 10.1. The molecule has 3 rings (SSSR count). The van der Waals surface area contributed by atoms with Gasteiger partial charge in [0.2, 0.25) is 0 Å². The summed E-state index contributed by atoms with van der Waals surface area (Å²) >= 11 is 0. The first-order valence-electron chi connectivity index (χ1n) is 7.21. The van der Waals surface area contributed by atoms with E-state index in [0.717, 1.165) is 19.6 Å². The second-order valence-corrected chi connectivity index (χ2v) is 5.42. The lowest BCUT2D eigenvalue weighted by molar-refractivity contribution is 0.194. The molecule has 0 aromatic carbocycles. The van der Waals surface area contributed by atoms with Crippen molar-refractivity contribution in [2.45, 2.75) is 25.4 Å². The van der Waals surface area contributed by atoms with Crippen molar-refractivity contribution in [3.8, 4) is 0 Å². The van der Waals surface area contributed by atoms with E-state index in [1.807, 2.05) is 18.2 Å². The molecule has 1 N–H and O–H groups in total. The molecule has 0 spiro atoms. The fraction of sp³-hybridized carbons (Fsp3) is 0.571. The van der Waals surface area contributed by atoms with Crippen molar-refractivity contribution in [1.82, 2.24) is 24.4 Å². The Labute approximate surface area is 118 Å². The molecule has 0 bridgehead atoms. The first-order chi connectivity index (χ1) is 9.75. The maximum Gasteiger partial charge on any atom is 0.350 e. The largest absolute Gasteiger partial charge is 0.350 e. The number of nitrogens with one attached hydrogen (secondary N) is 1. The van der Waals surface area contributed by atoms with E-state index in [1.165, 1.54) is 12.8 Å². The summed E-state index contributed by atoms with van der Waals surface area (Å²) in [5.41, 5.74) is 0.648. The number of hydrogen-bond donors (Lipinski definition) is 1. The SMILES string of the molecule is CN(CCn1nc2ccccn2c1=O)C1CCCNC1. The summed E-state index contributed by atoms with van der Waals surface area (Å²) in [7, 11) is 2.12. The van der Waals surface area contributed by atoms with E-state index in [4.69, 9.17) is 0 Å². The molecule has 1 atom stereocenters. The van der Waals surface area contributed by atoms with Gasteiger partial charge in [-0.3, -0.25) is 4.40 Å². The monoisotopic (exact) mass is 275 g/mol. The number of pyridine rings is 1. The highest BCUT2D eigenvalue weighted by Crippen LogP contribution is 2.08. The Bertz CT molecular complexity index is 626. The molecular formula is C14H21N5O. The number of nitrogens with zero attached hydrogens (tertiary/aromatic N) is 4.